The average molecular weight is 259 g/mol. The summed E-state index contributed by atoms with van der Waals surface area (Å²) in [7, 11) is 0. The van der Waals surface area contributed by atoms with Crippen LogP contribution in [-0.2, 0) is 13.0 Å². The minimum absolute atomic E-state index is 0.549. The molecule has 1 aromatic carbocycles. The number of hydrogen-bond acceptors (Lipinski definition) is 2. The quantitative estimate of drug-likeness (QED) is 0.863. The summed E-state index contributed by atoms with van der Waals surface area (Å²) in [5.41, 5.74) is 2.37. The zero-order chi connectivity index (χ0) is 13.8. The molecule has 0 bridgehead atoms. The maximum Gasteiger partial charge on any atom is 0.109 e. The van der Waals surface area contributed by atoms with Crippen LogP contribution in [0.2, 0.25) is 0 Å². The van der Waals surface area contributed by atoms with Crippen LogP contribution in [0, 0.1) is 5.92 Å². The van der Waals surface area contributed by atoms with Crippen molar-refractivity contribution in [1.82, 2.24) is 14.9 Å². The van der Waals surface area contributed by atoms with E-state index in [4.69, 9.17) is 4.98 Å². The van der Waals surface area contributed by atoms with Gasteiger partial charge in [0.1, 0.15) is 5.82 Å². The first-order valence-corrected chi connectivity index (χ1v) is 7.29. The molecule has 3 heteroatoms. The molecular weight excluding hydrogens is 234 g/mol. The zero-order valence-electron chi connectivity index (χ0n) is 12.5. The largest absolute Gasteiger partial charge is 0.328 e. The molecule has 19 heavy (non-hydrogen) atoms. The van der Waals surface area contributed by atoms with Crippen molar-refractivity contribution in [2.45, 2.75) is 46.7 Å². The Morgan fingerprint density at radius 2 is 1.95 bits per heavy atom. The zero-order valence-corrected chi connectivity index (χ0v) is 12.5. The molecule has 1 N–H and O–H groups in total. The Bertz CT molecular complexity index is 528. The minimum Gasteiger partial charge on any atom is -0.328 e. The summed E-state index contributed by atoms with van der Waals surface area (Å²) in [5.74, 6) is 1.79. The number of nitrogens with zero attached hydrogens (tertiary/aromatic N) is 2. The first-order valence-electron chi connectivity index (χ1n) is 7.29. The van der Waals surface area contributed by atoms with Gasteiger partial charge >= 0.3 is 0 Å². The van der Waals surface area contributed by atoms with E-state index in [2.05, 4.69) is 61.8 Å². The maximum atomic E-state index is 4.72. The van der Waals surface area contributed by atoms with E-state index in [-0.39, 0.29) is 0 Å². The fourth-order valence-electron chi connectivity index (χ4n) is 2.41. The Morgan fingerprint density at radius 1 is 1.21 bits per heavy atom. The van der Waals surface area contributed by atoms with E-state index < -0.39 is 0 Å². The van der Waals surface area contributed by atoms with Crippen molar-refractivity contribution >= 4 is 11.0 Å². The Kier molecular flexibility index (Phi) is 4.59. The molecule has 0 saturated heterocycles. The lowest BCUT2D eigenvalue weighted by molar-refractivity contribution is 0.424. The molecule has 2 aromatic rings. The smallest absolute Gasteiger partial charge is 0.109 e. The van der Waals surface area contributed by atoms with Gasteiger partial charge in [0.25, 0.3) is 0 Å². The van der Waals surface area contributed by atoms with Crippen LogP contribution < -0.4 is 5.32 Å². The number of imidazole rings is 1. The second-order valence-electron chi connectivity index (χ2n) is 5.65. The van der Waals surface area contributed by atoms with E-state index in [0.29, 0.717) is 12.0 Å². The van der Waals surface area contributed by atoms with Crippen molar-refractivity contribution in [3.8, 4) is 0 Å². The Hall–Kier alpha value is -1.35. The van der Waals surface area contributed by atoms with Crippen molar-refractivity contribution in [2.24, 2.45) is 5.92 Å². The van der Waals surface area contributed by atoms with Gasteiger partial charge in [-0.15, -0.1) is 0 Å². The summed E-state index contributed by atoms with van der Waals surface area (Å²) in [6.07, 6.45) is 0.985. The van der Waals surface area contributed by atoms with Crippen LogP contribution in [0.5, 0.6) is 0 Å². The highest BCUT2D eigenvalue weighted by atomic mass is 15.1. The van der Waals surface area contributed by atoms with Gasteiger partial charge in [-0.2, -0.15) is 0 Å². The van der Waals surface area contributed by atoms with E-state index in [1.54, 1.807) is 0 Å². The summed E-state index contributed by atoms with van der Waals surface area (Å²) in [4.78, 5) is 4.72. The number of aromatic nitrogens is 2. The first kappa shape index (κ1) is 14.1. The van der Waals surface area contributed by atoms with Gasteiger partial charge in [-0.25, -0.2) is 4.98 Å². The highest BCUT2D eigenvalue weighted by molar-refractivity contribution is 5.75. The Morgan fingerprint density at radius 3 is 2.63 bits per heavy atom. The van der Waals surface area contributed by atoms with Crippen molar-refractivity contribution < 1.29 is 0 Å². The molecule has 2 rings (SSSR count). The lowest BCUT2D eigenvalue weighted by atomic mass is 10.1. The fraction of sp³-hybridized carbons (Fsp3) is 0.562. The summed E-state index contributed by atoms with van der Waals surface area (Å²) in [6, 6.07) is 8.97. The molecule has 3 nitrogen and oxygen atoms in total. The third-order valence-corrected chi connectivity index (χ3v) is 3.42. The highest BCUT2D eigenvalue weighted by Crippen LogP contribution is 2.18. The highest BCUT2D eigenvalue weighted by Gasteiger charge is 2.11. The molecule has 0 aliphatic rings. The molecule has 0 amide bonds. The predicted molar refractivity (Wildman–Crippen MR) is 81.4 cm³/mol. The number of aryl methyl sites for hydroxylation is 1. The standard InChI is InChI=1S/C16H25N3/c1-5-16-18-14-8-6-7-9-15(14)19(16)11-13(4)10-17-12(2)3/h6-9,12-13,17H,5,10-11H2,1-4H3. The van der Waals surface area contributed by atoms with Gasteiger partial charge in [0.05, 0.1) is 11.0 Å². The monoisotopic (exact) mass is 259 g/mol. The molecule has 0 saturated carbocycles. The summed E-state index contributed by atoms with van der Waals surface area (Å²) in [6.45, 7) is 10.9. The van der Waals surface area contributed by atoms with Crippen molar-refractivity contribution in [3.05, 3.63) is 30.1 Å². The van der Waals surface area contributed by atoms with E-state index in [9.17, 15) is 0 Å². The van der Waals surface area contributed by atoms with Crippen LogP contribution >= 0.6 is 0 Å². The normalized spacial score (nSPS) is 13.3. The van der Waals surface area contributed by atoms with Crippen LogP contribution in [0.15, 0.2) is 24.3 Å². The average Bonchev–Trinajstić information content (AvgIpc) is 2.75. The maximum absolute atomic E-state index is 4.72. The molecule has 0 aliphatic heterocycles. The summed E-state index contributed by atoms with van der Waals surface area (Å²) >= 11 is 0. The van der Waals surface area contributed by atoms with Crippen LogP contribution in [-0.4, -0.2) is 22.1 Å². The van der Waals surface area contributed by atoms with Crippen LogP contribution in [0.1, 0.15) is 33.5 Å². The fourth-order valence-corrected chi connectivity index (χ4v) is 2.41. The Labute approximate surface area is 116 Å². The molecule has 1 aromatic heterocycles. The van der Waals surface area contributed by atoms with Crippen LogP contribution in [0.3, 0.4) is 0 Å². The van der Waals surface area contributed by atoms with Gasteiger partial charge in [0.15, 0.2) is 0 Å². The van der Waals surface area contributed by atoms with Gasteiger partial charge in [-0.1, -0.05) is 39.8 Å². The van der Waals surface area contributed by atoms with Crippen LogP contribution in [0.25, 0.3) is 11.0 Å². The molecular formula is C16H25N3. The first-order chi connectivity index (χ1) is 9.11. The number of para-hydroxylation sites is 2. The van der Waals surface area contributed by atoms with E-state index >= 15 is 0 Å². The lowest BCUT2D eigenvalue weighted by Gasteiger charge is -2.17. The molecule has 0 spiro atoms. The van der Waals surface area contributed by atoms with Crippen molar-refractivity contribution in [3.63, 3.8) is 0 Å². The predicted octanol–water partition coefficient (Wildman–Crippen LogP) is 3.23. The number of hydrogen-bond donors (Lipinski definition) is 1. The van der Waals surface area contributed by atoms with Crippen molar-refractivity contribution in [2.75, 3.05) is 6.54 Å². The molecule has 1 heterocycles. The number of fused-ring (bicyclic) bond motifs is 1. The van der Waals surface area contributed by atoms with E-state index in [1.807, 2.05) is 0 Å². The Balaban J connectivity index is 2.18. The number of benzene rings is 1. The SMILES string of the molecule is CCc1nc2ccccc2n1CC(C)CNC(C)C. The number of rotatable bonds is 6. The second kappa shape index (κ2) is 6.20. The molecule has 0 aliphatic carbocycles. The number of nitrogens with one attached hydrogen (secondary N) is 1. The van der Waals surface area contributed by atoms with Gasteiger partial charge in [0, 0.05) is 19.0 Å². The van der Waals surface area contributed by atoms with E-state index in [0.717, 1.165) is 25.0 Å². The molecule has 0 radical (unpaired) electrons. The van der Waals surface area contributed by atoms with Crippen LogP contribution in [0.4, 0.5) is 0 Å². The van der Waals surface area contributed by atoms with E-state index in [1.165, 1.54) is 11.3 Å². The molecule has 0 fully saturated rings. The van der Waals surface area contributed by atoms with Crippen molar-refractivity contribution in [1.29, 1.82) is 0 Å². The second-order valence-corrected chi connectivity index (χ2v) is 5.65. The minimum atomic E-state index is 0.549. The van der Waals surface area contributed by atoms with Gasteiger partial charge in [0.2, 0.25) is 0 Å². The van der Waals surface area contributed by atoms with Gasteiger partial charge in [-0.3, -0.25) is 0 Å². The summed E-state index contributed by atoms with van der Waals surface area (Å²) in [5, 5.41) is 3.51. The topological polar surface area (TPSA) is 29.9 Å². The van der Waals surface area contributed by atoms with Gasteiger partial charge < -0.3 is 9.88 Å². The third-order valence-electron chi connectivity index (χ3n) is 3.42. The molecule has 1 unspecified atom stereocenters. The lowest BCUT2D eigenvalue weighted by Crippen LogP contribution is -2.29. The summed E-state index contributed by atoms with van der Waals surface area (Å²) < 4.78 is 2.38. The molecule has 104 valence electrons. The third kappa shape index (κ3) is 3.35. The van der Waals surface area contributed by atoms with Gasteiger partial charge in [-0.05, 0) is 24.6 Å². The molecule has 1 atom stereocenters.